The Morgan fingerprint density at radius 3 is 2.50 bits per heavy atom. The molecule has 0 saturated carbocycles. The Morgan fingerprint density at radius 2 is 1.89 bits per heavy atom. The van der Waals surface area contributed by atoms with E-state index >= 15 is 0 Å². The predicted molar refractivity (Wildman–Crippen MR) is 119 cm³/mol. The lowest BCUT2D eigenvalue weighted by atomic mass is 10.1. The van der Waals surface area contributed by atoms with Gasteiger partial charge in [0.25, 0.3) is 18.8 Å². The number of halogens is 4. The van der Waals surface area contributed by atoms with Crippen molar-refractivity contribution in [1.82, 2.24) is 9.78 Å². The topological polar surface area (TPSA) is 113 Å². The van der Waals surface area contributed by atoms with E-state index in [2.05, 4.69) is 10.4 Å². The molecule has 0 fully saturated rings. The van der Waals surface area contributed by atoms with Crippen molar-refractivity contribution in [3.05, 3.63) is 57.1 Å². The van der Waals surface area contributed by atoms with Crippen molar-refractivity contribution in [3.63, 3.8) is 0 Å². The van der Waals surface area contributed by atoms with Crippen LogP contribution in [0.2, 0.25) is 0 Å². The first-order chi connectivity index (χ1) is 17.1. The lowest BCUT2D eigenvalue weighted by molar-refractivity contribution is 0.0506. The number of aromatic nitrogens is 2. The monoisotopic (exact) mass is 531 g/mol. The zero-order chi connectivity index (χ0) is 26.6. The molecule has 1 amide bonds. The summed E-state index contributed by atoms with van der Waals surface area (Å²) in [6.07, 6.45) is -5.54. The molecule has 3 aromatic rings. The van der Waals surface area contributed by atoms with Gasteiger partial charge in [-0.1, -0.05) is 6.92 Å². The zero-order valence-corrected chi connectivity index (χ0v) is 20.1. The average molecular weight is 531 g/mol. The maximum absolute atomic E-state index is 13.2. The van der Waals surface area contributed by atoms with Crippen molar-refractivity contribution in [2.24, 2.45) is 0 Å². The van der Waals surface area contributed by atoms with Crippen molar-refractivity contribution >= 4 is 34.2 Å². The van der Waals surface area contributed by atoms with E-state index in [4.69, 9.17) is 13.9 Å². The molecule has 3 rings (SSSR count). The van der Waals surface area contributed by atoms with Crippen LogP contribution in [0.3, 0.4) is 0 Å². The van der Waals surface area contributed by atoms with Gasteiger partial charge in [-0.2, -0.15) is 5.10 Å². The van der Waals surface area contributed by atoms with Crippen molar-refractivity contribution in [1.29, 1.82) is 0 Å². The molecule has 9 nitrogen and oxygen atoms in total. The van der Waals surface area contributed by atoms with Crippen LogP contribution in [0.1, 0.15) is 79.5 Å². The predicted octanol–water partition coefficient (Wildman–Crippen LogP) is 5.38. The fourth-order valence-corrected chi connectivity index (χ4v) is 4.27. The zero-order valence-electron chi connectivity index (χ0n) is 19.3. The molecule has 0 aromatic carbocycles. The van der Waals surface area contributed by atoms with Crippen LogP contribution < -0.4 is 5.32 Å². The number of esters is 2. The number of ether oxygens (including phenoxy) is 2. The van der Waals surface area contributed by atoms with Crippen LogP contribution in [-0.2, 0) is 16.0 Å². The molecule has 1 N–H and O–H groups in total. The molecular weight excluding hydrogens is 510 g/mol. The first kappa shape index (κ1) is 26.9. The second-order valence-electron chi connectivity index (χ2n) is 7.36. The minimum atomic E-state index is -3.06. The number of carbonyl (C=O) groups is 3. The molecule has 14 heteroatoms. The fourth-order valence-electron chi connectivity index (χ4n) is 3.16. The smallest absolute Gasteiger partial charge is 0.348 e. The molecule has 0 radical (unpaired) electrons. The third kappa shape index (κ3) is 5.75. The van der Waals surface area contributed by atoms with Crippen LogP contribution in [0.15, 0.2) is 22.6 Å². The Bertz CT molecular complexity index is 1270. The van der Waals surface area contributed by atoms with Gasteiger partial charge in [0.05, 0.1) is 25.8 Å². The highest BCUT2D eigenvalue weighted by Gasteiger charge is 2.28. The van der Waals surface area contributed by atoms with Gasteiger partial charge in [-0.15, -0.1) is 11.3 Å². The van der Waals surface area contributed by atoms with Crippen molar-refractivity contribution < 1.29 is 45.8 Å². The number of methoxy groups -OCH3 is 1. The van der Waals surface area contributed by atoms with Gasteiger partial charge in [-0.25, -0.2) is 27.2 Å². The van der Waals surface area contributed by atoms with Gasteiger partial charge in [0.1, 0.15) is 27.0 Å². The molecule has 3 heterocycles. The standard InChI is InChI=1S/C22H21F4N3O6S/c1-4-7-34-21(31)15-10(2)16(22(32)33-3)36-20(15)27-19(30)14-6-5-11(35-14)9-29-13(18(25)26)8-12(28-29)17(23)24/h5-6,8,17-18H,4,7,9H2,1-3H3,(H,27,30). The highest BCUT2D eigenvalue weighted by Crippen LogP contribution is 2.35. The van der Waals surface area contributed by atoms with Crippen LogP contribution >= 0.6 is 11.3 Å². The van der Waals surface area contributed by atoms with E-state index in [9.17, 15) is 31.9 Å². The number of hydrogen-bond donors (Lipinski definition) is 1. The summed E-state index contributed by atoms with van der Waals surface area (Å²) in [5.41, 5.74) is -1.30. The lowest BCUT2D eigenvalue weighted by Crippen LogP contribution is -2.14. The Labute approximate surface area is 206 Å². The van der Waals surface area contributed by atoms with Gasteiger partial charge < -0.3 is 19.2 Å². The second kappa shape index (κ2) is 11.4. The fraction of sp³-hybridized carbons (Fsp3) is 0.364. The Balaban J connectivity index is 1.84. The number of amides is 1. The molecule has 0 saturated heterocycles. The number of hydrogen-bond acceptors (Lipinski definition) is 8. The number of anilines is 1. The molecule has 0 aliphatic heterocycles. The summed E-state index contributed by atoms with van der Waals surface area (Å²) in [5.74, 6) is -2.54. The highest BCUT2D eigenvalue weighted by molar-refractivity contribution is 7.18. The molecule has 36 heavy (non-hydrogen) atoms. The maximum Gasteiger partial charge on any atom is 0.348 e. The minimum Gasteiger partial charge on any atom is -0.465 e. The summed E-state index contributed by atoms with van der Waals surface area (Å²) < 4.78 is 68.1. The molecule has 0 atom stereocenters. The lowest BCUT2D eigenvalue weighted by Gasteiger charge is -2.07. The van der Waals surface area contributed by atoms with Gasteiger partial charge >= 0.3 is 11.9 Å². The largest absolute Gasteiger partial charge is 0.465 e. The number of carbonyl (C=O) groups excluding carboxylic acids is 3. The van der Waals surface area contributed by atoms with E-state index in [1.807, 2.05) is 0 Å². The molecular formula is C22H21F4N3O6S. The van der Waals surface area contributed by atoms with Crippen molar-refractivity contribution in [2.75, 3.05) is 19.0 Å². The summed E-state index contributed by atoms with van der Waals surface area (Å²) in [5, 5.41) is 5.98. The summed E-state index contributed by atoms with van der Waals surface area (Å²) in [4.78, 5) is 37.5. The molecule has 0 aliphatic carbocycles. The summed E-state index contributed by atoms with van der Waals surface area (Å²) >= 11 is 0.806. The molecule has 0 spiro atoms. The van der Waals surface area contributed by atoms with Crippen LogP contribution in [0.4, 0.5) is 22.6 Å². The van der Waals surface area contributed by atoms with Gasteiger partial charge in [-0.3, -0.25) is 9.48 Å². The van der Waals surface area contributed by atoms with Crippen molar-refractivity contribution in [2.45, 2.75) is 39.7 Å². The first-order valence-electron chi connectivity index (χ1n) is 10.5. The first-order valence-corrected chi connectivity index (χ1v) is 11.3. The van der Waals surface area contributed by atoms with E-state index in [-0.39, 0.29) is 39.1 Å². The number of furan rings is 1. The Kier molecular flexibility index (Phi) is 8.50. The van der Waals surface area contributed by atoms with Gasteiger partial charge in [0, 0.05) is 0 Å². The van der Waals surface area contributed by atoms with E-state index in [1.54, 1.807) is 6.92 Å². The van der Waals surface area contributed by atoms with E-state index < -0.39 is 48.6 Å². The maximum atomic E-state index is 13.2. The van der Waals surface area contributed by atoms with Crippen molar-refractivity contribution in [3.8, 4) is 0 Å². The van der Waals surface area contributed by atoms with E-state index in [0.29, 0.717) is 17.2 Å². The SMILES string of the molecule is CCCOC(=O)c1c(NC(=O)c2ccc(Cn3nc(C(F)F)cc3C(F)F)o2)sc(C(=O)OC)c1C. The molecule has 194 valence electrons. The van der Waals surface area contributed by atoms with Crippen LogP contribution in [0, 0.1) is 6.92 Å². The summed E-state index contributed by atoms with van der Waals surface area (Å²) in [6.45, 7) is 2.99. The third-order valence-electron chi connectivity index (χ3n) is 4.85. The molecule has 3 aromatic heterocycles. The molecule has 0 bridgehead atoms. The minimum absolute atomic E-state index is 0.00819. The number of alkyl halides is 4. The Morgan fingerprint density at radius 1 is 1.17 bits per heavy atom. The highest BCUT2D eigenvalue weighted by atomic mass is 32.1. The van der Waals surface area contributed by atoms with E-state index in [0.717, 1.165) is 11.3 Å². The average Bonchev–Trinajstić information content (AvgIpc) is 3.55. The van der Waals surface area contributed by atoms with Crippen LogP contribution in [0.25, 0.3) is 0 Å². The second-order valence-corrected chi connectivity index (χ2v) is 8.38. The Hall–Kier alpha value is -3.68. The summed E-state index contributed by atoms with van der Waals surface area (Å²) in [7, 11) is 1.17. The normalized spacial score (nSPS) is 11.2. The van der Waals surface area contributed by atoms with Gasteiger partial charge in [-0.05, 0) is 37.1 Å². The molecule has 0 unspecified atom stereocenters. The van der Waals surface area contributed by atoms with Gasteiger partial charge in [0.2, 0.25) is 0 Å². The molecule has 0 aliphatic rings. The third-order valence-corrected chi connectivity index (χ3v) is 6.04. The van der Waals surface area contributed by atoms with Crippen LogP contribution in [0.5, 0.6) is 0 Å². The number of rotatable bonds is 10. The number of thiophene rings is 1. The summed E-state index contributed by atoms with van der Waals surface area (Å²) in [6, 6.07) is 3.13. The van der Waals surface area contributed by atoms with E-state index in [1.165, 1.54) is 26.2 Å². The number of nitrogens with one attached hydrogen (secondary N) is 1. The van der Waals surface area contributed by atoms with Gasteiger partial charge in [0.15, 0.2) is 5.76 Å². The van der Waals surface area contributed by atoms with Crippen LogP contribution in [-0.4, -0.2) is 41.3 Å². The quantitative estimate of drug-likeness (QED) is 0.276. The number of nitrogens with zero attached hydrogens (tertiary/aromatic N) is 2.